The van der Waals surface area contributed by atoms with Crippen LogP contribution in [0, 0.1) is 19.8 Å². The first-order valence-electron chi connectivity index (χ1n) is 8.81. The first kappa shape index (κ1) is 21.0. The van der Waals surface area contributed by atoms with Crippen LogP contribution in [0.1, 0.15) is 42.8 Å². The Morgan fingerprint density at radius 1 is 1.30 bits per heavy atom. The van der Waals surface area contributed by atoms with Crippen LogP contribution in [-0.4, -0.2) is 21.7 Å². The fraction of sp³-hybridized carbons (Fsp3) is 0.474. The maximum absolute atomic E-state index is 13.5. The number of rotatable bonds is 6. The van der Waals surface area contributed by atoms with Crippen molar-refractivity contribution in [1.29, 1.82) is 0 Å². The van der Waals surface area contributed by atoms with Gasteiger partial charge in [-0.2, -0.15) is 18.3 Å². The summed E-state index contributed by atoms with van der Waals surface area (Å²) in [5.41, 5.74) is 6.79. The third kappa shape index (κ3) is 4.88. The molecule has 0 aliphatic rings. The molecule has 2 atom stereocenters. The Balaban J connectivity index is 2.29. The molecule has 1 aromatic heterocycles. The smallest absolute Gasteiger partial charge is 0.351 e. The van der Waals surface area contributed by atoms with Gasteiger partial charge < -0.3 is 11.1 Å². The van der Waals surface area contributed by atoms with Crippen LogP contribution in [0.3, 0.4) is 0 Å². The number of nitrogens with zero attached hydrogens (tertiary/aromatic N) is 2. The highest BCUT2D eigenvalue weighted by molar-refractivity contribution is 5.81. The molecule has 8 heteroatoms. The molecule has 5 nitrogen and oxygen atoms in total. The van der Waals surface area contributed by atoms with Gasteiger partial charge >= 0.3 is 6.18 Å². The van der Waals surface area contributed by atoms with E-state index < -0.39 is 23.7 Å². The average molecular weight is 382 g/mol. The monoisotopic (exact) mass is 382 g/mol. The summed E-state index contributed by atoms with van der Waals surface area (Å²) in [4.78, 5) is 12.1. The number of nitrogens with two attached hydrogens (primary N) is 1. The van der Waals surface area contributed by atoms with Crippen molar-refractivity contribution in [3.63, 3.8) is 0 Å². The fourth-order valence-corrected chi connectivity index (χ4v) is 2.82. The van der Waals surface area contributed by atoms with Crippen LogP contribution in [0.15, 0.2) is 24.3 Å². The molecular formula is C19H25F3N4O. The Morgan fingerprint density at radius 3 is 2.48 bits per heavy atom. The summed E-state index contributed by atoms with van der Waals surface area (Å²) in [5.74, 6) is -0.513. The molecule has 0 bridgehead atoms. The van der Waals surface area contributed by atoms with Gasteiger partial charge in [-0.25, -0.2) is 4.68 Å². The molecule has 1 heterocycles. The minimum Gasteiger partial charge on any atom is -0.351 e. The Morgan fingerprint density at radius 2 is 1.96 bits per heavy atom. The summed E-state index contributed by atoms with van der Waals surface area (Å²) >= 11 is 0. The zero-order valence-electron chi connectivity index (χ0n) is 15.9. The molecule has 0 aliphatic heterocycles. The highest BCUT2D eigenvalue weighted by Gasteiger charge is 2.34. The quantitative estimate of drug-likeness (QED) is 0.803. The molecular weight excluding hydrogens is 357 g/mol. The number of benzene rings is 1. The van der Waals surface area contributed by atoms with Gasteiger partial charge in [-0.05, 0) is 43.5 Å². The van der Waals surface area contributed by atoms with Gasteiger partial charge in [-0.1, -0.05) is 26.3 Å². The zero-order chi connectivity index (χ0) is 20.4. The van der Waals surface area contributed by atoms with Crippen molar-refractivity contribution < 1.29 is 18.0 Å². The Labute approximate surface area is 156 Å². The van der Waals surface area contributed by atoms with Crippen molar-refractivity contribution in [2.75, 3.05) is 0 Å². The lowest BCUT2D eigenvalue weighted by atomic mass is 9.99. The Kier molecular flexibility index (Phi) is 6.30. The second-order valence-electron chi connectivity index (χ2n) is 6.81. The summed E-state index contributed by atoms with van der Waals surface area (Å²) in [6.45, 7) is 7.04. The van der Waals surface area contributed by atoms with Gasteiger partial charge in [0.15, 0.2) is 0 Å². The number of hydrogen-bond acceptors (Lipinski definition) is 3. The topological polar surface area (TPSA) is 72.9 Å². The molecule has 2 rings (SSSR count). The second kappa shape index (κ2) is 8.12. The predicted octanol–water partition coefficient (Wildman–Crippen LogP) is 3.50. The molecule has 0 saturated carbocycles. The molecule has 0 fully saturated rings. The van der Waals surface area contributed by atoms with Crippen LogP contribution in [0.5, 0.6) is 0 Å². The van der Waals surface area contributed by atoms with E-state index in [-0.39, 0.29) is 18.0 Å². The second-order valence-corrected chi connectivity index (χ2v) is 6.81. The van der Waals surface area contributed by atoms with Crippen molar-refractivity contribution in [3.8, 4) is 5.69 Å². The summed E-state index contributed by atoms with van der Waals surface area (Å²) in [7, 11) is 0. The van der Waals surface area contributed by atoms with E-state index in [1.807, 2.05) is 13.8 Å². The molecule has 2 aromatic rings. The lowest BCUT2D eigenvalue weighted by Crippen LogP contribution is -2.44. The minimum absolute atomic E-state index is 0.0162. The minimum atomic E-state index is -4.55. The number of nitrogens with one attached hydrogen (secondary N) is 1. The molecule has 27 heavy (non-hydrogen) atoms. The van der Waals surface area contributed by atoms with Crippen LogP contribution in [0.4, 0.5) is 13.2 Å². The largest absolute Gasteiger partial charge is 0.416 e. The molecule has 0 radical (unpaired) electrons. The zero-order valence-corrected chi connectivity index (χ0v) is 15.9. The summed E-state index contributed by atoms with van der Waals surface area (Å²) in [6, 6.07) is 5.01. The van der Waals surface area contributed by atoms with E-state index in [0.29, 0.717) is 12.1 Å². The molecule has 0 saturated heterocycles. The number of hydrogen-bond donors (Lipinski definition) is 2. The SMILES string of the molecule is CCC(C)C(N)C(=O)NCc1ccc(-n2nc(C)cc2C)cc1C(F)(F)F. The van der Waals surface area contributed by atoms with Gasteiger partial charge in [-0.15, -0.1) is 0 Å². The average Bonchev–Trinajstić information content (AvgIpc) is 2.95. The number of carbonyl (C=O) groups is 1. The van der Waals surface area contributed by atoms with E-state index in [1.54, 1.807) is 26.0 Å². The first-order chi connectivity index (χ1) is 12.5. The van der Waals surface area contributed by atoms with Crippen molar-refractivity contribution in [2.45, 2.75) is 52.9 Å². The number of alkyl halides is 3. The van der Waals surface area contributed by atoms with Gasteiger partial charge in [0.2, 0.25) is 5.91 Å². The number of amides is 1. The van der Waals surface area contributed by atoms with Crippen LogP contribution in [-0.2, 0) is 17.5 Å². The summed E-state index contributed by atoms with van der Waals surface area (Å²) in [6.07, 6.45) is -3.84. The molecule has 148 valence electrons. The Bertz CT molecular complexity index is 814. The maximum atomic E-state index is 13.5. The standard InChI is InChI=1S/C19H25F3N4O/c1-5-11(2)17(23)18(27)24-10-14-6-7-15(9-16(14)19(20,21)22)26-13(4)8-12(3)25-26/h6-9,11,17H,5,10,23H2,1-4H3,(H,24,27). The normalized spacial score (nSPS) is 14.1. The molecule has 1 aromatic carbocycles. The van der Waals surface area contributed by atoms with E-state index in [2.05, 4.69) is 10.4 Å². The van der Waals surface area contributed by atoms with Crippen molar-refractivity contribution in [3.05, 3.63) is 46.8 Å². The van der Waals surface area contributed by atoms with E-state index in [0.717, 1.165) is 17.5 Å². The number of aryl methyl sites for hydroxylation is 2. The lowest BCUT2D eigenvalue weighted by molar-refractivity contribution is -0.138. The van der Waals surface area contributed by atoms with E-state index in [9.17, 15) is 18.0 Å². The van der Waals surface area contributed by atoms with E-state index >= 15 is 0 Å². The molecule has 3 N–H and O–H groups in total. The number of aromatic nitrogens is 2. The molecule has 1 amide bonds. The lowest BCUT2D eigenvalue weighted by Gasteiger charge is -2.19. The van der Waals surface area contributed by atoms with Crippen LogP contribution >= 0.6 is 0 Å². The maximum Gasteiger partial charge on any atom is 0.416 e. The number of halogens is 3. The summed E-state index contributed by atoms with van der Waals surface area (Å²) in [5, 5.41) is 6.74. The van der Waals surface area contributed by atoms with E-state index in [4.69, 9.17) is 5.73 Å². The van der Waals surface area contributed by atoms with Gasteiger partial charge in [0.1, 0.15) is 0 Å². The van der Waals surface area contributed by atoms with Crippen LogP contribution in [0.2, 0.25) is 0 Å². The fourth-order valence-electron chi connectivity index (χ4n) is 2.82. The molecule has 0 aliphatic carbocycles. The number of carbonyl (C=O) groups excluding carboxylic acids is 1. The first-order valence-corrected chi connectivity index (χ1v) is 8.81. The predicted molar refractivity (Wildman–Crippen MR) is 97.3 cm³/mol. The van der Waals surface area contributed by atoms with E-state index in [1.165, 1.54) is 10.7 Å². The van der Waals surface area contributed by atoms with Gasteiger partial charge in [0, 0.05) is 12.2 Å². The molecule has 0 spiro atoms. The highest BCUT2D eigenvalue weighted by atomic mass is 19.4. The van der Waals surface area contributed by atoms with Crippen LogP contribution in [0.25, 0.3) is 5.69 Å². The van der Waals surface area contributed by atoms with Crippen molar-refractivity contribution in [2.24, 2.45) is 11.7 Å². The van der Waals surface area contributed by atoms with Gasteiger partial charge in [0.05, 0.1) is 23.0 Å². The molecule has 2 unspecified atom stereocenters. The van der Waals surface area contributed by atoms with Crippen LogP contribution < -0.4 is 11.1 Å². The van der Waals surface area contributed by atoms with Crippen molar-refractivity contribution >= 4 is 5.91 Å². The van der Waals surface area contributed by atoms with Gasteiger partial charge in [0.25, 0.3) is 0 Å². The Hall–Kier alpha value is -2.35. The third-order valence-corrected chi connectivity index (χ3v) is 4.67. The van der Waals surface area contributed by atoms with Gasteiger partial charge in [-0.3, -0.25) is 4.79 Å². The van der Waals surface area contributed by atoms with Crippen molar-refractivity contribution in [1.82, 2.24) is 15.1 Å². The third-order valence-electron chi connectivity index (χ3n) is 4.67. The summed E-state index contributed by atoms with van der Waals surface area (Å²) < 4.78 is 42.1. The highest BCUT2D eigenvalue weighted by Crippen LogP contribution is 2.33.